The van der Waals surface area contributed by atoms with Gasteiger partial charge in [0.05, 0.1) is 10.7 Å². The largest absolute Gasteiger partial charge is 0.439 e. The summed E-state index contributed by atoms with van der Waals surface area (Å²) in [6, 6.07) is 7.14. The van der Waals surface area contributed by atoms with Crippen LogP contribution in [0, 0.1) is 11.6 Å². The Morgan fingerprint density at radius 3 is 2.71 bits per heavy atom. The molecule has 1 aliphatic carbocycles. The maximum atomic E-state index is 13.1. The number of benzene rings is 1. The molecule has 3 nitrogen and oxygen atoms in total. The molecule has 0 bridgehead atoms. The number of hydrogen-bond donors (Lipinski definition) is 1. The Kier molecular flexibility index (Phi) is 4.03. The molecule has 0 amide bonds. The highest BCUT2D eigenvalue weighted by molar-refractivity contribution is 6.31. The Bertz CT molecular complexity index is 662. The van der Waals surface area contributed by atoms with Crippen LogP contribution < -0.4 is 10.1 Å². The Labute approximate surface area is 125 Å². The molecule has 110 valence electrons. The lowest BCUT2D eigenvalue weighted by Crippen LogP contribution is -2.16. The Morgan fingerprint density at radius 2 is 2.00 bits per heavy atom. The highest BCUT2D eigenvalue weighted by Gasteiger charge is 2.20. The number of halogens is 3. The van der Waals surface area contributed by atoms with Crippen molar-refractivity contribution >= 4 is 11.6 Å². The summed E-state index contributed by atoms with van der Waals surface area (Å²) in [5.74, 6) is -1.40. The molecule has 1 heterocycles. The second-order valence-electron chi connectivity index (χ2n) is 4.91. The van der Waals surface area contributed by atoms with Crippen LogP contribution in [0.5, 0.6) is 11.6 Å². The third-order valence-corrected chi connectivity index (χ3v) is 3.49. The van der Waals surface area contributed by atoms with E-state index in [9.17, 15) is 8.78 Å². The number of ether oxygens (including phenoxy) is 1. The molecule has 1 aromatic heterocycles. The smallest absolute Gasteiger partial charge is 0.219 e. The van der Waals surface area contributed by atoms with E-state index in [1.54, 1.807) is 12.1 Å². The zero-order valence-corrected chi connectivity index (χ0v) is 11.8. The molecule has 3 rings (SSSR count). The third-order valence-electron chi connectivity index (χ3n) is 3.14. The standard InChI is InChI=1S/C15H13ClF2N2O/c16-11-4-6-15(20-14(11)8-19-9-1-2-9)21-10-3-5-12(17)13(18)7-10/h3-7,9,19H,1-2,8H2. The predicted octanol–water partition coefficient (Wildman–Crippen LogP) is 4.06. The lowest BCUT2D eigenvalue weighted by atomic mass is 10.3. The summed E-state index contributed by atoms with van der Waals surface area (Å²) >= 11 is 6.08. The summed E-state index contributed by atoms with van der Waals surface area (Å²) in [5.41, 5.74) is 0.670. The maximum Gasteiger partial charge on any atom is 0.219 e. The molecular weight excluding hydrogens is 298 g/mol. The number of aromatic nitrogens is 1. The Hall–Kier alpha value is -1.72. The van der Waals surface area contributed by atoms with Gasteiger partial charge in [0.25, 0.3) is 0 Å². The van der Waals surface area contributed by atoms with Crippen LogP contribution in [-0.4, -0.2) is 11.0 Å². The van der Waals surface area contributed by atoms with Gasteiger partial charge < -0.3 is 10.1 Å². The molecule has 2 aromatic rings. The number of hydrogen-bond acceptors (Lipinski definition) is 3. The lowest BCUT2D eigenvalue weighted by molar-refractivity contribution is 0.445. The zero-order chi connectivity index (χ0) is 14.8. The van der Waals surface area contributed by atoms with Crippen molar-refractivity contribution in [3.05, 3.63) is 52.7 Å². The van der Waals surface area contributed by atoms with E-state index in [2.05, 4.69) is 10.3 Å². The highest BCUT2D eigenvalue weighted by Crippen LogP contribution is 2.25. The molecule has 1 saturated carbocycles. The van der Waals surface area contributed by atoms with E-state index >= 15 is 0 Å². The van der Waals surface area contributed by atoms with Crippen molar-refractivity contribution in [1.82, 2.24) is 10.3 Å². The van der Waals surface area contributed by atoms with Gasteiger partial charge in [-0.1, -0.05) is 11.6 Å². The summed E-state index contributed by atoms with van der Waals surface area (Å²) in [6.45, 7) is 0.554. The fourth-order valence-corrected chi connectivity index (χ4v) is 2.01. The molecule has 1 N–H and O–H groups in total. The van der Waals surface area contributed by atoms with E-state index in [1.165, 1.54) is 18.9 Å². The minimum absolute atomic E-state index is 0.185. The van der Waals surface area contributed by atoms with Crippen LogP contribution >= 0.6 is 11.6 Å². The first-order valence-corrected chi connectivity index (χ1v) is 7.01. The molecule has 0 radical (unpaired) electrons. The van der Waals surface area contributed by atoms with Crippen LogP contribution in [0.3, 0.4) is 0 Å². The summed E-state index contributed by atoms with van der Waals surface area (Å²) in [4.78, 5) is 4.29. The van der Waals surface area contributed by atoms with Crippen molar-refractivity contribution in [2.45, 2.75) is 25.4 Å². The van der Waals surface area contributed by atoms with Crippen LogP contribution in [0.25, 0.3) is 0 Å². The van der Waals surface area contributed by atoms with E-state index in [1.807, 2.05) is 0 Å². The normalized spacial score (nSPS) is 14.2. The molecule has 1 aliphatic rings. The van der Waals surface area contributed by atoms with Crippen molar-refractivity contribution in [2.24, 2.45) is 0 Å². The Balaban J connectivity index is 1.74. The van der Waals surface area contributed by atoms with Crippen LogP contribution in [0.1, 0.15) is 18.5 Å². The molecule has 0 saturated heterocycles. The van der Waals surface area contributed by atoms with E-state index in [-0.39, 0.29) is 11.6 Å². The molecule has 6 heteroatoms. The van der Waals surface area contributed by atoms with E-state index in [4.69, 9.17) is 16.3 Å². The summed E-state index contributed by atoms with van der Waals surface area (Å²) < 4.78 is 31.4. The number of nitrogens with zero attached hydrogens (tertiary/aromatic N) is 1. The number of rotatable bonds is 5. The molecule has 1 fully saturated rings. The molecular formula is C15H13ClF2N2O. The van der Waals surface area contributed by atoms with Gasteiger partial charge in [0.15, 0.2) is 11.6 Å². The fourth-order valence-electron chi connectivity index (χ4n) is 1.83. The first-order chi connectivity index (χ1) is 10.1. The van der Waals surface area contributed by atoms with Gasteiger partial charge in [-0.3, -0.25) is 0 Å². The third kappa shape index (κ3) is 3.68. The van der Waals surface area contributed by atoms with Crippen molar-refractivity contribution in [2.75, 3.05) is 0 Å². The minimum atomic E-state index is -0.961. The van der Waals surface area contributed by atoms with Crippen LogP contribution in [0.2, 0.25) is 5.02 Å². The van der Waals surface area contributed by atoms with Crippen LogP contribution in [-0.2, 0) is 6.54 Å². The topological polar surface area (TPSA) is 34.1 Å². The number of nitrogens with one attached hydrogen (secondary N) is 1. The monoisotopic (exact) mass is 310 g/mol. The molecule has 1 aromatic carbocycles. The van der Waals surface area contributed by atoms with Gasteiger partial charge in [-0.2, -0.15) is 0 Å². The minimum Gasteiger partial charge on any atom is -0.439 e. The highest BCUT2D eigenvalue weighted by atomic mass is 35.5. The lowest BCUT2D eigenvalue weighted by Gasteiger charge is -2.09. The summed E-state index contributed by atoms with van der Waals surface area (Å²) in [6.07, 6.45) is 2.34. The van der Waals surface area contributed by atoms with Gasteiger partial charge in [0, 0.05) is 24.7 Å². The first-order valence-electron chi connectivity index (χ1n) is 6.63. The van der Waals surface area contributed by atoms with Crippen molar-refractivity contribution in [1.29, 1.82) is 0 Å². The second kappa shape index (κ2) is 5.95. The van der Waals surface area contributed by atoms with E-state index in [0.29, 0.717) is 23.3 Å². The average Bonchev–Trinajstić information content (AvgIpc) is 3.28. The fraction of sp³-hybridized carbons (Fsp3) is 0.267. The average molecular weight is 311 g/mol. The first kappa shape index (κ1) is 14.2. The second-order valence-corrected chi connectivity index (χ2v) is 5.32. The van der Waals surface area contributed by atoms with E-state index in [0.717, 1.165) is 12.1 Å². The van der Waals surface area contributed by atoms with Gasteiger partial charge in [0.2, 0.25) is 5.88 Å². The summed E-state index contributed by atoms with van der Waals surface area (Å²) in [5, 5.41) is 3.85. The van der Waals surface area contributed by atoms with E-state index < -0.39 is 11.6 Å². The predicted molar refractivity (Wildman–Crippen MR) is 75.5 cm³/mol. The van der Waals surface area contributed by atoms with Crippen molar-refractivity contribution in [3.8, 4) is 11.6 Å². The maximum absolute atomic E-state index is 13.1. The van der Waals surface area contributed by atoms with Gasteiger partial charge in [0.1, 0.15) is 5.75 Å². The van der Waals surface area contributed by atoms with Crippen LogP contribution in [0.15, 0.2) is 30.3 Å². The van der Waals surface area contributed by atoms with Gasteiger partial charge in [-0.25, -0.2) is 13.8 Å². The van der Waals surface area contributed by atoms with Crippen molar-refractivity contribution in [3.63, 3.8) is 0 Å². The molecule has 0 atom stereocenters. The zero-order valence-electron chi connectivity index (χ0n) is 11.1. The molecule has 0 unspecified atom stereocenters. The van der Waals surface area contributed by atoms with Gasteiger partial charge >= 0.3 is 0 Å². The van der Waals surface area contributed by atoms with Gasteiger partial charge in [-0.15, -0.1) is 0 Å². The molecule has 21 heavy (non-hydrogen) atoms. The quantitative estimate of drug-likeness (QED) is 0.904. The summed E-state index contributed by atoms with van der Waals surface area (Å²) in [7, 11) is 0. The van der Waals surface area contributed by atoms with Crippen molar-refractivity contribution < 1.29 is 13.5 Å². The molecule has 0 aliphatic heterocycles. The molecule has 0 spiro atoms. The van der Waals surface area contributed by atoms with Gasteiger partial charge in [-0.05, 0) is 31.0 Å². The van der Waals surface area contributed by atoms with Crippen LogP contribution in [0.4, 0.5) is 8.78 Å². The SMILES string of the molecule is Fc1ccc(Oc2ccc(Cl)c(CNC3CC3)n2)cc1F. The Morgan fingerprint density at radius 1 is 1.19 bits per heavy atom. The number of pyridine rings is 1.